The number of fused-ring (bicyclic) bond motifs is 1. The number of alkyl halides is 2. The maximum Gasteiger partial charge on any atom is 0.387 e. The van der Waals surface area contributed by atoms with Crippen LogP contribution in [-0.4, -0.2) is 58.7 Å². The summed E-state index contributed by atoms with van der Waals surface area (Å²) in [5, 5.41) is 15.2. The first kappa shape index (κ1) is 26.2. The number of hydrogen-bond donors (Lipinski definition) is 0. The molecule has 10 nitrogen and oxygen atoms in total. The van der Waals surface area contributed by atoms with Gasteiger partial charge < -0.3 is 4.74 Å². The minimum atomic E-state index is -2.94. The van der Waals surface area contributed by atoms with E-state index in [2.05, 4.69) is 20.2 Å². The average Bonchev–Trinajstić information content (AvgIpc) is 3.65. The van der Waals surface area contributed by atoms with Crippen LogP contribution in [0.4, 0.5) is 14.5 Å². The van der Waals surface area contributed by atoms with Crippen molar-refractivity contribution in [2.24, 2.45) is 15.4 Å². The summed E-state index contributed by atoms with van der Waals surface area (Å²) in [5.74, 6) is -1.43. The standard InChI is InChI=1S/C29H24F2N6O4/c1-17-7-11-20(12-8-17)36-27(39)25-26(28(36)40)35(34-32-25)16-24(38)37-23(19-5-3-2-4-6-19)15-22(33-37)18-9-13-21(14-10-18)41-29(30)31/h2-14,23,25-26,29H,15-16H2,1H3/t23-,25-,26+/m1/s1. The molecule has 0 aromatic heterocycles. The van der Waals surface area contributed by atoms with Gasteiger partial charge in [0.15, 0.2) is 12.1 Å². The van der Waals surface area contributed by atoms with Crippen LogP contribution in [0.1, 0.15) is 29.2 Å². The number of rotatable bonds is 7. The van der Waals surface area contributed by atoms with Crippen molar-refractivity contribution >= 4 is 29.1 Å². The van der Waals surface area contributed by atoms with Crippen molar-refractivity contribution in [1.82, 2.24) is 10.0 Å². The molecule has 0 N–H and O–H groups in total. The lowest BCUT2D eigenvalue weighted by Crippen LogP contribution is -2.44. The maximum absolute atomic E-state index is 13.7. The molecule has 208 valence electrons. The van der Waals surface area contributed by atoms with Gasteiger partial charge in [0.1, 0.15) is 12.3 Å². The molecule has 3 amide bonds. The van der Waals surface area contributed by atoms with E-state index < -0.39 is 42.5 Å². The molecule has 0 spiro atoms. The van der Waals surface area contributed by atoms with Gasteiger partial charge in [-0.05, 0) is 54.4 Å². The van der Waals surface area contributed by atoms with E-state index in [0.29, 0.717) is 23.4 Å². The molecule has 3 aromatic carbocycles. The van der Waals surface area contributed by atoms with Gasteiger partial charge in [-0.25, -0.2) is 9.91 Å². The van der Waals surface area contributed by atoms with Crippen molar-refractivity contribution in [1.29, 1.82) is 0 Å². The summed E-state index contributed by atoms with van der Waals surface area (Å²) in [5.41, 5.74) is 3.49. The molecular formula is C29H24F2N6O4. The van der Waals surface area contributed by atoms with Crippen molar-refractivity contribution in [3.05, 3.63) is 95.6 Å². The molecule has 3 heterocycles. The van der Waals surface area contributed by atoms with Crippen molar-refractivity contribution in [2.45, 2.75) is 38.1 Å². The molecule has 3 aliphatic rings. The zero-order chi connectivity index (χ0) is 28.7. The lowest BCUT2D eigenvalue weighted by atomic mass is 9.98. The van der Waals surface area contributed by atoms with Gasteiger partial charge in [-0.15, -0.1) is 0 Å². The van der Waals surface area contributed by atoms with Gasteiger partial charge in [-0.3, -0.25) is 19.4 Å². The first-order chi connectivity index (χ1) is 19.8. The highest BCUT2D eigenvalue weighted by molar-refractivity contribution is 6.25. The van der Waals surface area contributed by atoms with Gasteiger partial charge in [-0.2, -0.15) is 19.0 Å². The molecule has 0 radical (unpaired) electrons. The zero-order valence-electron chi connectivity index (χ0n) is 21.8. The molecule has 41 heavy (non-hydrogen) atoms. The third-order valence-corrected chi connectivity index (χ3v) is 7.21. The number of hydrazone groups is 1. The van der Waals surface area contributed by atoms with Crippen LogP contribution in [0.25, 0.3) is 0 Å². The summed E-state index contributed by atoms with van der Waals surface area (Å²) in [6.45, 7) is -1.36. The number of amides is 3. The first-order valence-corrected chi connectivity index (χ1v) is 12.9. The largest absolute Gasteiger partial charge is 0.435 e. The number of ether oxygens (including phenoxy) is 1. The van der Waals surface area contributed by atoms with E-state index >= 15 is 0 Å². The van der Waals surface area contributed by atoms with Crippen molar-refractivity contribution in [2.75, 3.05) is 11.4 Å². The number of aryl methyl sites for hydroxylation is 1. The monoisotopic (exact) mass is 558 g/mol. The fraction of sp³-hybridized carbons (Fsp3) is 0.241. The topological polar surface area (TPSA) is 107 Å². The predicted octanol–water partition coefficient (Wildman–Crippen LogP) is 4.27. The summed E-state index contributed by atoms with van der Waals surface area (Å²) < 4.78 is 29.6. The quantitative estimate of drug-likeness (QED) is 0.403. The summed E-state index contributed by atoms with van der Waals surface area (Å²) in [7, 11) is 0. The smallest absolute Gasteiger partial charge is 0.387 e. The van der Waals surface area contributed by atoms with Gasteiger partial charge >= 0.3 is 6.61 Å². The number of carbonyl (C=O) groups excluding carboxylic acids is 3. The Morgan fingerprint density at radius 3 is 2.37 bits per heavy atom. The van der Waals surface area contributed by atoms with Gasteiger partial charge in [0.05, 0.1) is 17.4 Å². The molecule has 0 saturated carbocycles. The summed E-state index contributed by atoms with van der Waals surface area (Å²) in [4.78, 5) is 41.1. The Kier molecular flexibility index (Phi) is 6.73. The molecule has 0 bridgehead atoms. The van der Waals surface area contributed by atoms with Crippen LogP contribution >= 0.6 is 0 Å². The van der Waals surface area contributed by atoms with Crippen LogP contribution in [0.2, 0.25) is 0 Å². The van der Waals surface area contributed by atoms with E-state index in [-0.39, 0.29) is 12.3 Å². The number of halogens is 2. The fourth-order valence-corrected chi connectivity index (χ4v) is 5.19. The van der Waals surface area contributed by atoms with Gasteiger partial charge in [0, 0.05) is 6.42 Å². The Morgan fingerprint density at radius 2 is 1.68 bits per heavy atom. The van der Waals surface area contributed by atoms with Crippen LogP contribution in [0.5, 0.6) is 5.75 Å². The second-order valence-corrected chi connectivity index (χ2v) is 9.86. The number of benzene rings is 3. The van der Waals surface area contributed by atoms with E-state index in [9.17, 15) is 23.2 Å². The van der Waals surface area contributed by atoms with Crippen molar-refractivity contribution < 1.29 is 27.9 Å². The molecule has 1 fully saturated rings. The number of anilines is 1. The Morgan fingerprint density at radius 1 is 0.976 bits per heavy atom. The predicted molar refractivity (Wildman–Crippen MR) is 143 cm³/mol. The summed E-state index contributed by atoms with van der Waals surface area (Å²) in [6, 6.07) is 19.9. The zero-order valence-corrected chi connectivity index (χ0v) is 21.8. The van der Waals surface area contributed by atoms with Gasteiger partial charge in [0.25, 0.3) is 17.7 Å². The van der Waals surface area contributed by atoms with Crippen LogP contribution in [0.15, 0.2) is 94.3 Å². The van der Waals surface area contributed by atoms with Crippen molar-refractivity contribution in [3.63, 3.8) is 0 Å². The number of carbonyl (C=O) groups is 3. The highest BCUT2D eigenvalue weighted by Gasteiger charge is 2.55. The van der Waals surface area contributed by atoms with E-state index in [1.54, 1.807) is 36.4 Å². The van der Waals surface area contributed by atoms with E-state index in [4.69, 9.17) is 0 Å². The Bertz CT molecular complexity index is 1550. The Balaban J connectivity index is 1.23. The molecular weight excluding hydrogens is 534 g/mol. The maximum atomic E-state index is 13.7. The Hall–Kier alpha value is -5.00. The molecule has 3 atom stereocenters. The van der Waals surface area contributed by atoms with Crippen molar-refractivity contribution in [3.8, 4) is 5.75 Å². The van der Waals surface area contributed by atoms with Gasteiger partial charge in [0.2, 0.25) is 0 Å². The Labute approximate surface area is 233 Å². The first-order valence-electron chi connectivity index (χ1n) is 12.9. The lowest BCUT2D eigenvalue weighted by Gasteiger charge is -2.25. The highest BCUT2D eigenvalue weighted by Crippen LogP contribution is 2.35. The third-order valence-electron chi connectivity index (χ3n) is 7.21. The average molecular weight is 559 g/mol. The number of nitrogens with zero attached hydrogens (tertiary/aromatic N) is 6. The minimum absolute atomic E-state index is 0.0132. The van der Waals surface area contributed by atoms with E-state index in [0.717, 1.165) is 16.0 Å². The van der Waals surface area contributed by atoms with E-state index in [1.165, 1.54) is 22.2 Å². The minimum Gasteiger partial charge on any atom is -0.435 e. The molecule has 0 aliphatic carbocycles. The molecule has 3 aliphatic heterocycles. The highest BCUT2D eigenvalue weighted by atomic mass is 19.3. The summed E-state index contributed by atoms with van der Waals surface area (Å²) >= 11 is 0. The SMILES string of the molecule is Cc1ccc(N2C(=O)[C@@H]3[C@@H](N=NN3CC(=O)N3N=C(c4ccc(OC(F)F)cc4)C[C@@H]3c3ccccc3)C2=O)cc1. The molecule has 3 aromatic rings. The molecule has 1 saturated heterocycles. The van der Waals surface area contributed by atoms with Crippen LogP contribution < -0.4 is 9.64 Å². The molecule has 6 rings (SSSR count). The van der Waals surface area contributed by atoms with Crippen LogP contribution in [0, 0.1) is 6.92 Å². The molecule has 12 heteroatoms. The van der Waals surface area contributed by atoms with Crippen LogP contribution in [-0.2, 0) is 14.4 Å². The normalized spacial score (nSPS) is 21.6. The van der Waals surface area contributed by atoms with E-state index in [1.807, 2.05) is 37.3 Å². The number of imide groups is 1. The summed E-state index contributed by atoms with van der Waals surface area (Å²) in [6.07, 6.45) is 0.372. The lowest BCUT2D eigenvalue weighted by molar-refractivity contribution is -0.135. The van der Waals surface area contributed by atoms with Gasteiger partial charge in [-0.1, -0.05) is 53.3 Å². The molecule has 0 unspecified atom stereocenters. The fourth-order valence-electron chi connectivity index (χ4n) is 5.19. The second-order valence-electron chi connectivity index (χ2n) is 9.86. The third kappa shape index (κ3) is 4.92. The van der Waals surface area contributed by atoms with Crippen LogP contribution in [0.3, 0.4) is 0 Å². The second kappa shape index (κ2) is 10.5. The number of hydrogen-bond acceptors (Lipinski definition) is 8.